The SMILES string of the molecule is CCCCCCCCCCCC(=O)OCCOCCOCCOCCOCCOCCOCCOCCOCCOCCOCCBr. The number of hydrogen-bond acceptors (Lipinski definition) is 12. The Bertz CT molecular complexity index is 591. The molecule has 0 aliphatic heterocycles. The van der Waals surface area contributed by atoms with Crippen molar-refractivity contribution in [1.82, 2.24) is 0 Å². The van der Waals surface area contributed by atoms with Crippen LogP contribution < -0.4 is 0 Å². The van der Waals surface area contributed by atoms with Gasteiger partial charge in [0.15, 0.2) is 0 Å². The van der Waals surface area contributed by atoms with Crippen LogP contribution >= 0.6 is 15.9 Å². The van der Waals surface area contributed by atoms with Crippen molar-refractivity contribution in [1.29, 1.82) is 0 Å². The molecule has 0 fully saturated rings. The van der Waals surface area contributed by atoms with Crippen LogP contribution in [0.25, 0.3) is 0 Å². The summed E-state index contributed by atoms with van der Waals surface area (Å²) in [5, 5.41) is 0.836. The first-order valence-electron chi connectivity index (χ1n) is 17.8. The number of ether oxygens (including phenoxy) is 11. The Hall–Kier alpha value is -0.450. The quantitative estimate of drug-likeness (QED) is 0.0475. The van der Waals surface area contributed by atoms with E-state index in [0.717, 1.165) is 18.2 Å². The van der Waals surface area contributed by atoms with E-state index in [9.17, 15) is 4.79 Å². The van der Waals surface area contributed by atoms with Crippen LogP contribution in [0.4, 0.5) is 0 Å². The van der Waals surface area contributed by atoms with Crippen LogP contribution in [0, 0.1) is 0 Å². The van der Waals surface area contributed by atoms with Gasteiger partial charge in [-0.2, -0.15) is 0 Å². The largest absolute Gasteiger partial charge is 0.463 e. The molecule has 0 heterocycles. The summed E-state index contributed by atoms with van der Waals surface area (Å²) in [6, 6.07) is 0. The minimum atomic E-state index is -0.135. The Morgan fingerprint density at radius 2 is 0.617 bits per heavy atom. The molecule has 0 aromatic rings. The lowest BCUT2D eigenvalue weighted by Crippen LogP contribution is -2.15. The molecule has 0 bridgehead atoms. The molecule has 0 amide bonds. The summed E-state index contributed by atoms with van der Waals surface area (Å²) < 4.78 is 59.6. The first kappa shape index (κ1) is 46.5. The Morgan fingerprint density at radius 1 is 0.362 bits per heavy atom. The number of rotatable bonds is 42. The van der Waals surface area contributed by atoms with Gasteiger partial charge in [-0.3, -0.25) is 4.79 Å². The summed E-state index contributed by atoms with van der Waals surface area (Å²) in [7, 11) is 0. The molecule has 0 N–H and O–H groups in total. The molecule has 13 heteroatoms. The lowest BCUT2D eigenvalue weighted by molar-refractivity contribution is -0.145. The number of carbonyl (C=O) groups is 1. The van der Waals surface area contributed by atoms with Gasteiger partial charge in [0.25, 0.3) is 0 Å². The van der Waals surface area contributed by atoms with Gasteiger partial charge in [0.1, 0.15) is 6.61 Å². The number of esters is 1. The van der Waals surface area contributed by atoms with Gasteiger partial charge in [-0.25, -0.2) is 0 Å². The van der Waals surface area contributed by atoms with E-state index in [2.05, 4.69) is 22.9 Å². The van der Waals surface area contributed by atoms with E-state index in [4.69, 9.17) is 52.1 Å². The molecule has 0 atom stereocenters. The van der Waals surface area contributed by atoms with Crippen molar-refractivity contribution < 1.29 is 56.9 Å². The van der Waals surface area contributed by atoms with Gasteiger partial charge >= 0.3 is 5.97 Å². The molecule has 0 spiro atoms. The zero-order valence-corrected chi connectivity index (χ0v) is 31.0. The number of unbranched alkanes of at least 4 members (excludes halogenated alkanes) is 8. The highest BCUT2D eigenvalue weighted by Crippen LogP contribution is 2.10. The summed E-state index contributed by atoms with van der Waals surface area (Å²) in [5.74, 6) is -0.135. The second-order valence-electron chi connectivity index (χ2n) is 10.6. The van der Waals surface area contributed by atoms with Crippen molar-refractivity contribution in [3.05, 3.63) is 0 Å². The highest BCUT2D eigenvalue weighted by Gasteiger charge is 2.03. The molecule has 0 saturated heterocycles. The van der Waals surface area contributed by atoms with Gasteiger partial charge in [0, 0.05) is 11.8 Å². The molecule has 0 aliphatic carbocycles. The average molecular weight is 748 g/mol. The van der Waals surface area contributed by atoms with Gasteiger partial charge in [0.05, 0.1) is 132 Å². The van der Waals surface area contributed by atoms with Gasteiger partial charge in [-0.1, -0.05) is 74.2 Å². The van der Waals surface area contributed by atoms with Crippen molar-refractivity contribution >= 4 is 21.9 Å². The van der Waals surface area contributed by atoms with E-state index in [0.29, 0.717) is 139 Å². The Kier molecular flexibility index (Phi) is 43.2. The minimum Gasteiger partial charge on any atom is -0.463 e. The normalized spacial score (nSPS) is 11.4. The molecule has 0 aliphatic rings. The van der Waals surface area contributed by atoms with Crippen molar-refractivity contribution in [2.75, 3.05) is 144 Å². The zero-order valence-electron chi connectivity index (χ0n) is 29.4. The monoisotopic (exact) mass is 746 g/mol. The molecule has 47 heavy (non-hydrogen) atoms. The fourth-order valence-electron chi connectivity index (χ4n) is 4.00. The third-order valence-corrected chi connectivity index (χ3v) is 6.87. The average Bonchev–Trinajstić information content (AvgIpc) is 3.08. The Balaban J connectivity index is 3.10. The lowest BCUT2D eigenvalue weighted by Gasteiger charge is -2.09. The van der Waals surface area contributed by atoms with Crippen LogP contribution in [-0.4, -0.2) is 150 Å². The Morgan fingerprint density at radius 3 is 0.915 bits per heavy atom. The second-order valence-corrected chi connectivity index (χ2v) is 11.4. The standard InChI is InChI=1S/C34H67BrO12/c1-2-3-4-5-6-7-8-9-10-11-34(36)47-33-32-46-31-30-45-29-28-44-27-26-43-25-24-42-23-22-41-21-20-40-19-18-39-17-16-38-15-14-37-13-12-35/h2-33H2,1H3. The van der Waals surface area contributed by atoms with Crippen LogP contribution in [0.3, 0.4) is 0 Å². The molecule has 0 saturated carbocycles. The van der Waals surface area contributed by atoms with E-state index in [-0.39, 0.29) is 12.6 Å². The van der Waals surface area contributed by atoms with E-state index in [1.807, 2.05) is 0 Å². The summed E-state index contributed by atoms with van der Waals surface area (Å²) >= 11 is 3.30. The number of halogens is 1. The van der Waals surface area contributed by atoms with E-state index in [1.54, 1.807) is 0 Å². The molecular formula is C34H67BrO12. The van der Waals surface area contributed by atoms with E-state index >= 15 is 0 Å². The first-order chi connectivity index (χ1) is 23.3. The molecule has 0 unspecified atom stereocenters. The van der Waals surface area contributed by atoms with Crippen LogP contribution in [-0.2, 0) is 56.9 Å². The fraction of sp³-hybridized carbons (Fsp3) is 0.971. The lowest BCUT2D eigenvalue weighted by atomic mass is 10.1. The number of hydrogen-bond donors (Lipinski definition) is 0. The molecule has 0 radical (unpaired) electrons. The summed E-state index contributed by atoms with van der Waals surface area (Å²) in [6.45, 7) is 12.9. The van der Waals surface area contributed by atoms with E-state index < -0.39 is 0 Å². The molecular weight excluding hydrogens is 680 g/mol. The summed E-state index contributed by atoms with van der Waals surface area (Å²) in [4.78, 5) is 11.8. The van der Waals surface area contributed by atoms with Crippen molar-refractivity contribution in [2.24, 2.45) is 0 Å². The fourth-order valence-corrected chi connectivity index (χ4v) is 4.23. The Labute approximate surface area is 293 Å². The highest BCUT2D eigenvalue weighted by atomic mass is 79.9. The van der Waals surface area contributed by atoms with Gasteiger partial charge in [-0.15, -0.1) is 0 Å². The minimum absolute atomic E-state index is 0.135. The highest BCUT2D eigenvalue weighted by molar-refractivity contribution is 9.09. The van der Waals surface area contributed by atoms with Crippen LogP contribution in [0.15, 0.2) is 0 Å². The topological polar surface area (TPSA) is 119 Å². The molecule has 0 aromatic heterocycles. The maximum absolute atomic E-state index is 11.8. The van der Waals surface area contributed by atoms with Crippen molar-refractivity contribution in [2.45, 2.75) is 71.1 Å². The predicted molar refractivity (Wildman–Crippen MR) is 185 cm³/mol. The second kappa shape index (κ2) is 43.6. The van der Waals surface area contributed by atoms with Crippen LogP contribution in [0.2, 0.25) is 0 Å². The first-order valence-corrected chi connectivity index (χ1v) is 18.9. The third-order valence-electron chi connectivity index (χ3n) is 6.54. The van der Waals surface area contributed by atoms with Crippen LogP contribution in [0.5, 0.6) is 0 Å². The van der Waals surface area contributed by atoms with Crippen molar-refractivity contribution in [3.63, 3.8) is 0 Å². The third kappa shape index (κ3) is 43.5. The van der Waals surface area contributed by atoms with Gasteiger partial charge in [-0.05, 0) is 6.42 Å². The maximum Gasteiger partial charge on any atom is 0.305 e. The summed E-state index contributed by atoms with van der Waals surface area (Å²) in [6.07, 6.45) is 11.6. The smallest absolute Gasteiger partial charge is 0.305 e. The van der Waals surface area contributed by atoms with Gasteiger partial charge in [0.2, 0.25) is 0 Å². The molecule has 0 rings (SSSR count). The molecule has 282 valence electrons. The molecule has 0 aromatic carbocycles. The maximum atomic E-state index is 11.8. The van der Waals surface area contributed by atoms with Crippen LogP contribution in [0.1, 0.15) is 71.1 Å². The number of carbonyl (C=O) groups excluding carboxylic acids is 1. The van der Waals surface area contributed by atoms with Gasteiger partial charge < -0.3 is 52.1 Å². The number of alkyl halides is 1. The van der Waals surface area contributed by atoms with E-state index in [1.165, 1.54) is 44.9 Å². The van der Waals surface area contributed by atoms with Crippen molar-refractivity contribution in [3.8, 4) is 0 Å². The predicted octanol–water partition coefficient (Wildman–Crippen LogP) is 5.01. The zero-order chi connectivity index (χ0) is 34.0. The molecule has 12 nitrogen and oxygen atoms in total. The summed E-state index contributed by atoms with van der Waals surface area (Å²) in [5.41, 5.74) is 0.